The number of primary amides is 1. The van der Waals surface area contributed by atoms with Gasteiger partial charge in [0.25, 0.3) is 11.8 Å². The van der Waals surface area contributed by atoms with E-state index in [1.54, 1.807) is 55.6 Å². The van der Waals surface area contributed by atoms with Crippen molar-refractivity contribution in [2.45, 2.75) is 12.8 Å². The molecule has 8 heteroatoms. The average molecular weight is 411 g/mol. The first kappa shape index (κ1) is 21.3. The van der Waals surface area contributed by atoms with E-state index in [1.807, 2.05) is 0 Å². The summed E-state index contributed by atoms with van der Waals surface area (Å²) < 4.78 is 5.12. The van der Waals surface area contributed by atoms with Crippen LogP contribution in [0.2, 0.25) is 0 Å². The fourth-order valence-electron chi connectivity index (χ4n) is 3.64. The van der Waals surface area contributed by atoms with Crippen molar-refractivity contribution in [3.63, 3.8) is 0 Å². The molecule has 5 N–H and O–H groups in total. The molecule has 2 aromatic carbocycles. The van der Waals surface area contributed by atoms with E-state index in [1.165, 1.54) is 0 Å². The lowest BCUT2D eigenvalue weighted by Gasteiger charge is -2.27. The standard InChI is InChI=1S/C22H26N4O4/c1-30-17-10-8-16(9-11-17)24-22(29)18-6-2-3-7-19(18)25-20(27)14-26-12-4-5-15(13-26)21(23)28/h2-3,6-11,15H,4-5,12-14H2,1H3,(H2,23,28)(H,24,29)(H,25,27)/p+1/t15-/m0/s1. The van der Waals surface area contributed by atoms with Crippen LogP contribution >= 0.6 is 0 Å². The molecule has 1 aliphatic heterocycles. The van der Waals surface area contributed by atoms with Gasteiger partial charge in [-0.05, 0) is 49.2 Å². The number of methoxy groups -OCH3 is 1. The SMILES string of the molecule is COc1ccc(NC(=O)c2ccccc2NC(=O)C[NH+]2CCC[C@H](C(N)=O)C2)cc1. The van der Waals surface area contributed by atoms with Crippen LogP contribution in [0.3, 0.4) is 0 Å². The van der Waals surface area contributed by atoms with Crippen molar-refractivity contribution in [3.8, 4) is 5.75 Å². The molecule has 1 saturated heterocycles. The first-order valence-corrected chi connectivity index (χ1v) is 9.93. The second-order valence-electron chi connectivity index (χ2n) is 7.40. The predicted molar refractivity (Wildman–Crippen MR) is 114 cm³/mol. The van der Waals surface area contributed by atoms with Crippen LogP contribution in [0.15, 0.2) is 48.5 Å². The van der Waals surface area contributed by atoms with Gasteiger partial charge in [0.2, 0.25) is 5.91 Å². The number of benzene rings is 2. The van der Waals surface area contributed by atoms with Gasteiger partial charge in [0.1, 0.15) is 5.75 Å². The van der Waals surface area contributed by atoms with Crippen LogP contribution in [0, 0.1) is 5.92 Å². The predicted octanol–water partition coefficient (Wildman–Crippen LogP) is 0.666. The molecule has 1 heterocycles. The Morgan fingerprint density at radius 1 is 1.10 bits per heavy atom. The summed E-state index contributed by atoms with van der Waals surface area (Å²) in [7, 11) is 1.58. The lowest BCUT2D eigenvalue weighted by Crippen LogP contribution is -3.14. The summed E-state index contributed by atoms with van der Waals surface area (Å²) in [4.78, 5) is 37.8. The highest BCUT2D eigenvalue weighted by Crippen LogP contribution is 2.19. The van der Waals surface area contributed by atoms with E-state index in [4.69, 9.17) is 10.5 Å². The number of hydrogen-bond acceptors (Lipinski definition) is 4. The number of likely N-dealkylation sites (tertiary alicyclic amines) is 1. The zero-order valence-corrected chi connectivity index (χ0v) is 16.9. The molecule has 2 atom stereocenters. The van der Waals surface area contributed by atoms with Gasteiger partial charge in [0.15, 0.2) is 6.54 Å². The number of quaternary nitrogens is 1. The van der Waals surface area contributed by atoms with Gasteiger partial charge in [-0.2, -0.15) is 0 Å². The molecule has 3 amide bonds. The van der Waals surface area contributed by atoms with Crippen LogP contribution in [0.25, 0.3) is 0 Å². The number of hydrogen-bond donors (Lipinski definition) is 4. The van der Waals surface area contributed by atoms with Crippen molar-refractivity contribution in [3.05, 3.63) is 54.1 Å². The zero-order chi connectivity index (χ0) is 21.5. The number of amides is 3. The Morgan fingerprint density at radius 3 is 2.53 bits per heavy atom. The highest BCUT2D eigenvalue weighted by molar-refractivity contribution is 6.10. The van der Waals surface area contributed by atoms with Crippen LogP contribution in [-0.2, 0) is 9.59 Å². The van der Waals surface area contributed by atoms with E-state index < -0.39 is 0 Å². The zero-order valence-electron chi connectivity index (χ0n) is 16.9. The summed E-state index contributed by atoms with van der Waals surface area (Å²) >= 11 is 0. The van der Waals surface area contributed by atoms with E-state index in [9.17, 15) is 14.4 Å². The fraction of sp³-hybridized carbons (Fsp3) is 0.318. The molecule has 3 rings (SSSR count). The molecule has 30 heavy (non-hydrogen) atoms. The number of ether oxygens (including phenoxy) is 1. The van der Waals surface area contributed by atoms with Gasteiger partial charge < -0.3 is 26.0 Å². The molecule has 8 nitrogen and oxygen atoms in total. The van der Waals surface area contributed by atoms with E-state index in [2.05, 4.69) is 10.6 Å². The largest absolute Gasteiger partial charge is 0.497 e. The molecule has 0 spiro atoms. The number of nitrogens with two attached hydrogens (primary N) is 1. The minimum atomic E-state index is -0.324. The number of anilines is 2. The van der Waals surface area contributed by atoms with Gasteiger partial charge in [-0.3, -0.25) is 14.4 Å². The Hall–Kier alpha value is -3.39. The van der Waals surface area contributed by atoms with Gasteiger partial charge in [-0.25, -0.2) is 0 Å². The van der Waals surface area contributed by atoms with Crippen molar-refractivity contribution in [2.24, 2.45) is 11.7 Å². The molecule has 0 aliphatic carbocycles. The van der Waals surface area contributed by atoms with E-state index in [0.717, 1.165) is 24.3 Å². The maximum absolute atomic E-state index is 12.7. The second-order valence-corrected chi connectivity index (χ2v) is 7.40. The lowest BCUT2D eigenvalue weighted by atomic mass is 9.97. The van der Waals surface area contributed by atoms with Crippen LogP contribution in [0.4, 0.5) is 11.4 Å². The Kier molecular flexibility index (Phi) is 7.03. The first-order chi connectivity index (χ1) is 14.5. The van der Waals surface area contributed by atoms with E-state index in [0.29, 0.717) is 29.2 Å². The second kappa shape index (κ2) is 9.89. The fourth-order valence-corrected chi connectivity index (χ4v) is 3.64. The molecule has 1 fully saturated rings. The number of piperidine rings is 1. The van der Waals surface area contributed by atoms with Crippen LogP contribution in [0.1, 0.15) is 23.2 Å². The minimum Gasteiger partial charge on any atom is -0.497 e. The maximum atomic E-state index is 12.7. The summed E-state index contributed by atoms with van der Waals surface area (Å²) in [6, 6.07) is 13.8. The maximum Gasteiger partial charge on any atom is 0.279 e. The molecular formula is C22H27N4O4+. The number of carbonyl (C=O) groups excluding carboxylic acids is 3. The average Bonchev–Trinajstić information content (AvgIpc) is 2.74. The van der Waals surface area contributed by atoms with Gasteiger partial charge in [-0.15, -0.1) is 0 Å². The highest BCUT2D eigenvalue weighted by Gasteiger charge is 2.28. The molecular weight excluding hydrogens is 384 g/mol. The van der Waals surface area contributed by atoms with Gasteiger partial charge in [0, 0.05) is 5.69 Å². The van der Waals surface area contributed by atoms with E-state index in [-0.39, 0.29) is 30.2 Å². The van der Waals surface area contributed by atoms with Crippen LogP contribution < -0.4 is 26.0 Å². The Labute approximate surface area is 175 Å². The van der Waals surface area contributed by atoms with Gasteiger partial charge in [0.05, 0.1) is 37.4 Å². The lowest BCUT2D eigenvalue weighted by molar-refractivity contribution is -0.899. The topological polar surface area (TPSA) is 115 Å². The Balaban J connectivity index is 1.63. The van der Waals surface area contributed by atoms with Crippen molar-refractivity contribution in [1.82, 2.24) is 0 Å². The summed E-state index contributed by atoms with van der Waals surface area (Å²) in [5, 5.41) is 5.65. The molecule has 1 aliphatic rings. The molecule has 0 bridgehead atoms. The molecule has 0 radical (unpaired) electrons. The third kappa shape index (κ3) is 5.57. The minimum absolute atomic E-state index is 0.191. The molecule has 1 unspecified atom stereocenters. The van der Waals surface area contributed by atoms with E-state index >= 15 is 0 Å². The van der Waals surface area contributed by atoms with Crippen LogP contribution in [-0.4, -0.2) is 44.5 Å². The van der Waals surface area contributed by atoms with Crippen molar-refractivity contribution in [1.29, 1.82) is 0 Å². The third-order valence-corrected chi connectivity index (χ3v) is 5.22. The summed E-state index contributed by atoms with van der Waals surface area (Å²) in [5.74, 6) is -0.341. The third-order valence-electron chi connectivity index (χ3n) is 5.22. The van der Waals surface area contributed by atoms with Crippen molar-refractivity contribution in [2.75, 3.05) is 37.4 Å². The smallest absolute Gasteiger partial charge is 0.279 e. The highest BCUT2D eigenvalue weighted by atomic mass is 16.5. The normalized spacial score (nSPS) is 18.3. The van der Waals surface area contributed by atoms with Crippen LogP contribution in [0.5, 0.6) is 5.75 Å². The molecule has 2 aromatic rings. The number of rotatable bonds is 7. The monoisotopic (exact) mass is 411 g/mol. The Bertz CT molecular complexity index is 914. The number of para-hydroxylation sites is 1. The summed E-state index contributed by atoms with van der Waals surface area (Å²) in [6.45, 7) is 1.59. The van der Waals surface area contributed by atoms with Gasteiger partial charge >= 0.3 is 0 Å². The summed E-state index contributed by atoms with van der Waals surface area (Å²) in [6.07, 6.45) is 1.63. The van der Waals surface area contributed by atoms with Crippen molar-refractivity contribution >= 4 is 29.1 Å². The quantitative estimate of drug-likeness (QED) is 0.536. The molecule has 0 aromatic heterocycles. The Morgan fingerprint density at radius 2 is 1.83 bits per heavy atom. The summed E-state index contributed by atoms with van der Waals surface area (Å²) in [5.41, 5.74) is 6.84. The first-order valence-electron chi connectivity index (χ1n) is 9.93. The molecule has 158 valence electrons. The van der Waals surface area contributed by atoms with Gasteiger partial charge in [-0.1, -0.05) is 12.1 Å². The van der Waals surface area contributed by atoms with Crippen molar-refractivity contribution < 1.29 is 24.0 Å². The number of nitrogens with one attached hydrogen (secondary N) is 3. The number of carbonyl (C=O) groups is 3. The molecule has 0 saturated carbocycles.